The highest BCUT2D eigenvalue weighted by atomic mass is 127. The first-order valence-corrected chi connectivity index (χ1v) is 11.8. The normalized spacial score (nSPS) is 14.3. The van der Waals surface area contributed by atoms with Crippen LogP contribution in [0.5, 0.6) is 11.5 Å². The van der Waals surface area contributed by atoms with Gasteiger partial charge < -0.3 is 14.2 Å². The number of hydrogen-bond acceptors (Lipinski definition) is 5. The number of esters is 1. The molecule has 4 rings (SSSR count). The summed E-state index contributed by atoms with van der Waals surface area (Å²) in [4.78, 5) is 16.7. The van der Waals surface area contributed by atoms with E-state index in [0.717, 1.165) is 9.13 Å². The zero-order valence-electron chi connectivity index (χ0n) is 17.1. The van der Waals surface area contributed by atoms with Gasteiger partial charge in [-0.25, -0.2) is 9.79 Å². The number of ether oxygens (including phenoxy) is 3. The highest BCUT2D eigenvalue weighted by Crippen LogP contribution is 2.38. The van der Waals surface area contributed by atoms with Crippen LogP contribution in [-0.4, -0.2) is 19.0 Å². The first-order chi connectivity index (χ1) is 15.8. The predicted octanol–water partition coefficient (Wildman–Crippen LogP) is 7.18. The number of carbonyl (C=O) groups is 1. The van der Waals surface area contributed by atoms with Crippen LogP contribution in [0.25, 0.3) is 6.08 Å². The second-order valence-electron chi connectivity index (χ2n) is 6.91. The third-order valence-corrected chi connectivity index (χ3v) is 6.37. The smallest absolute Gasteiger partial charge is 0.363 e. The summed E-state index contributed by atoms with van der Waals surface area (Å²) in [6, 6.07) is 16.1. The number of cyclic esters (lactones) is 1. The predicted molar refractivity (Wildman–Crippen MR) is 139 cm³/mol. The van der Waals surface area contributed by atoms with Crippen LogP contribution in [0.15, 0.2) is 65.3 Å². The van der Waals surface area contributed by atoms with Gasteiger partial charge >= 0.3 is 5.97 Å². The Hall–Kier alpha value is -2.26. The molecule has 0 saturated carbocycles. The van der Waals surface area contributed by atoms with Crippen molar-refractivity contribution in [3.05, 3.63) is 95.6 Å². The topological polar surface area (TPSA) is 57.1 Å². The third-order valence-electron chi connectivity index (χ3n) is 4.63. The van der Waals surface area contributed by atoms with E-state index >= 15 is 0 Å². The molecule has 1 heterocycles. The van der Waals surface area contributed by atoms with E-state index in [4.69, 9.17) is 49.0 Å². The zero-order valence-corrected chi connectivity index (χ0v) is 21.5. The van der Waals surface area contributed by atoms with Gasteiger partial charge in [-0.3, -0.25) is 0 Å². The van der Waals surface area contributed by atoms with Crippen molar-refractivity contribution >= 4 is 75.3 Å². The Morgan fingerprint density at radius 3 is 2.45 bits per heavy atom. The highest BCUT2D eigenvalue weighted by Gasteiger charge is 2.24. The van der Waals surface area contributed by atoms with E-state index in [9.17, 15) is 4.79 Å². The minimum atomic E-state index is -0.543. The molecular weight excluding hydrogens is 600 g/mol. The number of benzene rings is 3. The third kappa shape index (κ3) is 5.63. The van der Waals surface area contributed by atoms with Crippen molar-refractivity contribution in [2.45, 2.75) is 6.61 Å². The number of carbonyl (C=O) groups excluding carboxylic acids is 1. The summed E-state index contributed by atoms with van der Waals surface area (Å²) < 4.78 is 17.7. The molecule has 0 fully saturated rings. The molecular formula is C24H15Cl3INO4. The average molecular weight is 615 g/mol. The fourth-order valence-corrected chi connectivity index (χ4v) is 3.99. The Kier molecular flexibility index (Phi) is 7.48. The van der Waals surface area contributed by atoms with Crippen molar-refractivity contribution in [3.63, 3.8) is 0 Å². The molecule has 0 radical (unpaired) electrons. The summed E-state index contributed by atoms with van der Waals surface area (Å²) in [6.45, 7) is 0.212. The van der Waals surface area contributed by atoms with Crippen LogP contribution in [0.3, 0.4) is 0 Å². The fraction of sp³-hybridized carbons (Fsp3) is 0.0833. The Bertz CT molecular complexity index is 1290. The minimum absolute atomic E-state index is 0.158. The van der Waals surface area contributed by atoms with Gasteiger partial charge in [-0.2, -0.15) is 0 Å². The summed E-state index contributed by atoms with van der Waals surface area (Å²) in [5.74, 6) is 0.480. The summed E-state index contributed by atoms with van der Waals surface area (Å²) in [6.07, 6.45) is 1.58. The molecule has 3 aromatic carbocycles. The summed E-state index contributed by atoms with van der Waals surface area (Å²) in [5.41, 5.74) is 2.30. The van der Waals surface area contributed by atoms with Crippen LogP contribution in [0.2, 0.25) is 15.1 Å². The molecule has 0 bridgehead atoms. The van der Waals surface area contributed by atoms with Crippen LogP contribution in [0.4, 0.5) is 0 Å². The maximum absolute atomic E-state index is 12.3. The van der Waals surface area contributed by atoms with Crippen molar-refractivity contribution < 1.29 is 19.0 Å². The first kappa shape index (κ1) is 23.9. The SMILES string of the molecule is COc1cc(/C=C2\N=C(c3ccc(I)cc3)OC2=O)cc(Cl)c1OCc1ccc(Cl)c(Cl)c1. The molecule has 3 aromatic rings. The number of aliphatic imine (C=N–C) groups is 1. The van der Waals surface area contributed by atoms with Crippen LogP contribution >= 0.6 is 57.4 Å². The molecule has 0 aliphatic carbocycles. The average Bonchev–Trinajstić information content (AvgIpc) is 3.15. The Balaban J connectivity index is 1.58. The van der Waals surface area contributed by atoms with Crippen molar-refractivity contribution in [2.75, 3.05) is 7.11 Å². The summed E-state index contributed by atoms with van der Waals surface area (Å²) in [7, 11) is 1.51. The standard InChI is InChI=1S/C24H15Cl3INO4/c1-31-21-11-14(9-19(27)22(21)32-12-13-2-7-17(25)18(26)8-13)10-20-24(30)33-23(29-20)15-3-5-16(28)6-4-15/h2-11H,12H2,1H3/b20-10-. The van der Waals surface area contributed by atoms with E-state index in [1.807, 2.05) is 30.3 Å². The number of hydrogen-bond donors (Lipinski definition) is 0. The van der Waals surface area contributed by atoms with Gasteiger partial charge in [-0.15, -0.1) is 0 Å². The van der Waals surface area contributed by atoms with Crippen molar-refractivity contribution in [1.82, 2.24) is 0 Å². The molecule has 0 N–H and O–H groups in total. The van der Waals surface area contributed by atoms with Gasteiger partial charge in [0, 0.05) is 9.13 Å². The number of rotatable bonds is 6. The molecule has 0 amide bonds. The van der Waals surface area contributed by atoms with Crippen LogP contribution < -0.4 is 9.47 Å². The molecule has 0 unspecified atom stereocenters. The van der Waals surface area contributed by atoms with Gasteiger partial charge in [0.2, 0.25) is 5.90 Å². The van der Waals surface area contributed by atoms with E-state index in [1.165, 1.54) is 7.11 Å². The molecule has 5 nitrogen and oxygen atoms in total. The van der Waals surface area contributed by atoms with E-state index in [0.29, 0.717) is 37.7 Å². The van der Waals surface area contributed by atoms with Crippen LogP contribution in [0.1, 0.15) is 16.7 Å². The molecule has 1 aliphatic rings. The van der Waals surface area contributed by atoms with Gasteiger partial charge in [0.15, 0.2) is 17.2 Å². The molecule has 0 spiro atoms. The molecule has 0 atom stereocenters. The summed E-state index contributed by atoms with van der Waals surface area (Å²) >= 11 is 20.7. The molecule has 168 valence electrons. The van der Waals surface area contributed by atoms with Gasteiger partial charge in [0.05, 0.1) is 22.2 Å². The van der Waals surface area contributed by atoms with E-state index in [1.54, 1.807) is 30.3 Å². The second-order valence-corrected chi connectivity index (χ2v) is 9.38. The number of methoxy groups -OCH3 is 1. The molecule has 0 saturated heterocycles. The van der Waals surface area contributed by atoms with Crippen molar-refractivity contribution in [3.8, 4) is 11.5 Å². The lowest BCUT2D eigenvalue weighted by Crippen LogP contribution is -2.05. The zero-order chi connectivity index (χ0) is 23.5. The quantitative estimate of drug-likeness (QED) is 0.168. The Labute approximate surface area is 219 Å². The van der Waals surface area contributed by atoms with Crippen molar-refractivity contribution in [2.24, 2.45) is 4.99 Å². The lowest BCUT2D eigenvalue weighted by molar-refractivity contribution is -0.129. The minimum Gasteiger partial charge on any atom is -0.493 e. The molecule has 1 aliphatic heterocycles. The fourth-order valence-electron chi connectivity index (χ4n) is 3.03. The Morgan fingerprint density at radius 2 is 1.76 bits per heavy atom. The highest BCUT2D eigenvalue weighted by molar-refractivity contribution is 14.1. The van der Waals surface area contributed by atoms with Gasteiger partial charge in [0.1, 0.15) is 6.61 Å². The number of nitrogens with zero attached hydrogens (tertiary/aromatic N) is 1. The van der Waals surface area contributed by atoms with Gasteiger partial charge in [0.25, 0.3) is 0 Å². The Morgan fingerprint density at radius 1 is 1.00 bits per heavy atom. The van der Waals surface area contributed by atoms with E-state index < -0.39 is 5.97 Å². The van der Waals surface area contributed by atoms with Crippen LogP contribution in [-0.2, 0) is 16.1 Å². The summed E-state index contributed by atoms with van der Waals surface area (Å²) in [5, 5.41) is 1.22. The maximum atomic E-state index is 12.3. The van der Waals surface area contributed by atoms with E-state index in [-0.39, 0.29) is 18.2 Å². The lowest BCUT2D eigenvalue weighted by atomic mass is 10.1. The van der Waals surface area contributed by atoms with Gasteiger partial charge in [-0.1, -0.05) is 40.9 Å². The maximum Gasteiger partial charge on any atom is 0.363 e. The van der Waals surface area contributed by atoms with Crippen molar-refractivity contribution in [1.29, 1.82) is 0 Å². The number of halogens is 4. The molecule has 33 heavy (non-hydrogen) atoms. The lowest BCUT2D eigenvalue weighted by Gasteiger charge is -2.14. The monoisotopic (exact) mass is 613 g/mol. The van der Waals surface area contributed by atoms with Crippen LogP contribution in [0, 0.1) is 3.57 Å². The second kappa shape index (κ2) is 10.3. The van der Waals surface area contributed by atoms with Gasteiger partial charge in [-0.05, 0) is 88.3 Å². The molecule has 0 aromatic heterocycles. The van der Waals surface area contributed by atoms with E-state index in [2.05, 4.69) is 27.6 Å². The molecule has 9 heteroatoms. The first-order valence-electron chi connectivity index (χ1n) is 9.57. The largest absolute Gasteiger partial charge is 0.493 e.